The number of rotatable bonds is 3. The van der Waals surface area contributed by atoms with E-state index in [1.165, 1.54) is 0 Å². The van der Waals surface area contributed by atoms with Gasteiger partial charge in [0.15, 0.2) is 0 Å². The van der Waals surface area contributed by atoms with Gasteiger partial charge in [0.2, 0.25) is 0 Å². The molecule has 0 radical (unpaired) electrons. The number of anilines is 1. The van der Waals surface area contributed by atoms with E-state index in [-0.39, 0.29) is 12.8 Å². The van der Waals surface area contributed by atoms with Crippen molar-refractivity contribution in [2.45, 2.75) is 32.2 Å². The molecule has 3 nitrogen and oxygen atoms in total. The highest BCUT2D eigenvalue weighted by Gasteiger charge is 2.33. The summed E-state index contributed by atoms with van der Waals surface area (Å²) >= 11 is 0. The lowest BCUT2D eigenvalue weighted by atomic mass is 10.00. The maximum Gasteiger partial charge on any atom is 0.251 e. The topological polar surface area (TPSA) is 42.4 Å². The van der Waals surface area contributed by atoms with E-state index in [0.29, 0.717) is 19.6 Å². The van der Waals surface area contributed by atoms with Gasteiger partial charge in [0.25, 0.3) is 5.92 Å². The number of nitrogens with zero attached hydrogens (tertiary/aromatic N) is 1. The summed E-state index contributed by atoms with van der Waals surface area (Å²) < 4.78 is 32.5. The van der Waals surface area contributed by atoms with E-state index in [1.807, 2.05) is 41.3 Å². The molecule has 1 fully saturated rings. The zero-order valence-corrected chi connectivity index (χ0v) is 14.8. The van der Waals surface area contributed by atoms with Crippen molar-refractivity contribution in [3.05, 3.63) is 53.8 Å². The quantitative estimate of drug-likeness (QED) is 0.710. The minimum Gasteiger partial charge on any atom is -0.460 e. The first-order chi connectivity index (χ1) is 12.4. The van der Waals surface area contributed by atoms with E-state index >= 15 is 0 Å². The zero-order chi connectivity index (χ0) is 18.3. The van der Waals surface area contributed by atoms with Crippen LogP contribution in [0.25, 0.3) is 22.1 Å². The van der Waals surface area contributed by atoms with Gasteiger partial charge in [-0.2, -0.15) is 0 Å². The smallest absolute Gasteiger partial charge is 0.251 e. The normalized spacial score (nSPS) is 17.0. The highest BCUT2D eigenvalue weighted by atomic mass is 19.3. The fourth-order valence-corrected chi connectivity index (χ4v) is 3.59. The van der Waals surface area contributed by atoms with Gasteiger partial charge in [-0.05, 0) is 47.9 Å². The molecule has 1 saturated heterocycles. The predicted molar refractivity (Wildman–Crippen MR) is 101 cm³/mol. The predicted octanol–water partition coefficient (Wildman–Crippen LogP) is 5.10. The lowest BCUT2D eigenvalue weighted by Gasteiger charge is -2.33. The van der Waals surface area contributed by atoms with E-state index in [9.17, 15) is 8.78 Å². The lowest BCUT2D eigenvalue weighted by Crippen LogP contribution is -2.39. The van der Waals surface area contributed by atoms with Gasteiger partial charge in [0.1, 0.15) is 11.3 Å². The van der Waals surface area contributed by atoms with Crippen LogP contribution in [0.15, 0.2) is 46.9 Å². The molecule has 0 bridgehead atoms. The molecule has 26 heavy (non-hydrogen) atoms. The van der Waals surface area contributed by atoms with Crippen LogP contribution in [0, 0.1) is 6.92 Å². The molecular weight excluding hydrogens is 334 g/mol. The molecule has 2 heterocycles. The van der Waals surface area contributed by atoms with Gasteiger partial charge in [-0.25, -0.2) is 8.78 Å². The molecule has 0 unspecified atom stereocenters. The van der Waals surface area contributed by atoms with Crippen LogP contribution in [-0.4, -0.2) is 19.0 Å². The molecule has 0 atom stereocenters. The summed E-state index contributed by atoms with van der Waals surface area (Å²) in [7, 11) is 0. The van der Waals surface area contributed by atoms with Crippen LogP contribution in [0.3, 0.4) is 0 Å². The van der Waals surface area contributed by atoms with Crippen LogP contribution in [0.4, 0.5) is 14.5 Å². The number of fused-ring (bicyclic) bond motifs is 1. The zero-order valence-electron chi connectivity index (χ0n) is 14.8. The molecule has 0 aliphatic carbocycles. The van der Waals surface area contributed by atoms with Gasteiger partial charge in [0, 0.05) is 37.0 Å². The molecular formula is C21H22F2N2O. The van der Waals surface area contributed by atoms with E-state index in [0.717, 1.165) is 39.1 Å². The first kappa shape index (κ1) is 17.0. The minimum atomic E-state index is -2.52. The molecule has 4 rings (SSSR count). The molecule has 136 valence electrons. The summed E-state index contributed by atoms with van der Waals surface area (Å²) in [4.78, 5) is 2.02. The highest BCUT2D eigenvalue weighted by Crippen LogP contribution is 2.33. The summed E-state index contributed by atoms with van der Waals surface area (Å²) in [6, 6.07) is 14.2. The summed E-state index contributed by atoms with van der Waals surface area (Å²) in [6.07, 6.45) is -0.154. The maximum atomic E-state index is 13.3. The van der Waals surface area contributed by atoms with Gasteiger partial charge in [-0.1, -0.05) is 18.2 Å². The fourth-order valence-electron chi connectivity index (χ4n) is 3.59. The number of hydrogen-bond donors (Lipinski definition) is 1. The number of piperidine rings is 1. The molecule has 0 saturated carbocycles. The number of nitrogens with two attached hydrogens (primary N) is 1. The Kier molecular flexibility index (Phi) is 4.19. The number of halogens is 2. The minimum absolute atomic E-state index is 0.0768. The number of aryl methyl sites for hydroxylation is 1. The van der Waals surface area contributed by atoms with Crippen LogP contribution < -0.4 is 10.6 Å². The molecule has 0 spiro atoms. The SMILES string of the molecule is Cc1cc(-c2ccc(N3CCC(F)(F)CC3)cc2)cc2oc(CN)cc12. The monoisotopic (exact) mass is 356 g/mol. The van der Waals surface area contributed by atoms with E-state index in [1.54, 1.807) is 0 Å². The lowest BCUT2D eigenvalue weighted by molar-refractivity contribution is -0.0220. The Balaban J connectivity index is 1.60. The van der Waals surface area contributed by atoms with Crippen molar-refractivity contribution in [3.8, 4) is 11.1 Å². The van der Waals surface area contributed by atoms with Crippen molar-refractivity contribution in [1.29, 1.82) is 0 Å². The Bertz CT molecular complexity index is 921. The summed E-state index contributed by atoms with van der Waals surface area (Å²) in [6.45, 7) is 3.23. The van der Waals surface area contributed by atoms with Crippen LogP contribution in [0.2, 0.25) is 0 Å². The van der Waals surface area contributed by atoms with Gasteiger partial charge in [0.05, 0.1) is 6.54 Å². The summed E-state index contributed by atoms with van der Waals surface area (Å²) in [5.74, 6) is -1.74. The van der Waals surface area contributed by atoms with Crippen molar-refractivity contribution >= 4 is 16.7 Å². The Morgan fingerprint density at radius 2 is 1.73 bits per heavy atom. The van der Waals surface area contributed by atoms with Gasteiger partial charge in [-0.3, -0.25) is 0 Å². The Labute approximate surface area is 151 Å². The Hall–Kier alpha value is -2.40. The number of alkyl halides is 2. The highest BCUT2D eigenvalue weighted by molar-refractivity contribution is 5.87. The molecule has 1 aliphatic rings. The molecule has 3 aromatic rings. The van der Waals surface area contributed by atoms with E-state index in [2.05, 4.69) is 13.0 Å². The van der Waals surface area contributed by atoms with Crippen LogP contribution >= 0.6 is 0 Å². The molecule has 5 heteroatoms. The standard InChI is InChI=1S/C21H22F2N2O/c1-14-10-16(11-20-19(14)12-18(13-24)26-20)15-2-4-17(5-3-15)25-8-6-21(22,23)7-9-25/h2-5,10-12H,6-9,13,24H2,1H3. The van der Waals surface area contributed by atoms with E-state index in [4.69, 9.17) is 10.2 Å². The van der Waals surface area contributed by atoms with Crippen molar-refractivity contribution in [3.63, 3.8) is 0 Å². The third-order valence-electron chi connectivity index (χ3n) is 5.16. The number of hydrogen-bond acceptors (Lipinski definition) is 3. The third kappa shape index (κ3) is 3.19. The van der Waals surface area contributed by atoms with Gasteiger partial charge < -0.3 is 15.1 Å². The number of furan rings is 1. The molecule has 2 N–H and O–H groups in total. The summed E-state index contributed by atoms with van der Waals surface area (Å²) in [5, 5.41) is 1.08. The number of benzene rings is 2. The van der Waals surface area contributed by atoms with Gasteiger partial charge in [-0.15, -0.1) is 0 Å². The van der Waals surface area contributed by atoms with Crippen LogP contribution in [-0.2, 0) is 6.54 Å². The van der Waals surface area contributed by atoms with E-state index < -0.39 is 5.92 Å². The fraction of sp³-hybridized carbons (Fsp3) is 0.333. The second kappa shape index (κ2) is 6.40. The summed E-state index contributed by atoms with van der Waals surface area (Å²) in [5.41, 5.74) is 10.8. The maximum absolute atomic E-state index is 13.3. The average molecular weight is 356 g/mol. The second-order valence-corrected chi connectivity index (χ2v) is 7.01. The average Bonchev–Trinajstić information content (AvgIpc) is 3.06. The second-order valence-electron chi connectivity index (χ2n) is 7.01. The Morgan fingerprint density at radius 3 is 2.38 bits per heavy atom. The van der Waals surface area contributed by atoms with Crippen LogP contribution in [0.1, 0.15) is 24.2 Å². The van der Waals surface area contributed by atoms with Crippen molar-refractivity contribution in [1.82, 2.24) is 0 Å². The van der Waals surface area contributed by atoms with Crippen molar-refractivity contribution < 1.29 is 13.2 Å². The molecule has 0 amide bonds. The largest absolute Gasteiger partial charge is 0.460 e. The Morgan fingerprint density at radius 1 is 1.04 bits per heavy atom. The van der Waals surface area contributed by atoms with Gasteiger partial charge >= 0.3 is 0 Å². The molecule has 1 aliphatic heterocycles. The first-order valence-electron chi connectivity index (χ1n) is 8.91. The molecule has 1 aromatic heterocycles. The van der Waals surface area contributed by atoms with Crippen molar-refractivity contribution in [2.24, 2.45) is 5.73 Å². The van der Waals surface area contributed by atoms with Crippen LogP contribution in [0.5, 0.6) is 0 Å². The third-order valence-corrected chi connectivity index (χ3v) is 5.16. The molecule has 2 aromatic carbocycles. The first-order valence-corrected chi connectivity index (χ1v) is 8.91. The van der Waals surface area contributed by atoms with Crippen molar-refractivity contribution in [2.75, 3.05) is 18.0 Å².